The van der Waals surface area contributed by atoms with Crippen LogP contribution in [0.4, 0.5) is 11.5 Å². The van der Waals surface area contributed by atoms with Crippen molar-refractivity contribution >= 4 is 11.5 Å². The number of aromatic nitrogens is 3. The van der Waals surface area contributed by atoms with Crippen LogP contribution in [0.3, 0.4) is 0 Å². The van der Waals surface area contributed by atoms with Gasteiger partial charge in [-0.05, 0) is 13.0 Å². The Bertz CT molecular complexity index is 549. The first-order valence-corrected chi connectivity index (χ1v) is 4.50. The van der Waals surface area contributed by atoms with Crippen LogP contribution in [0.2, 0.25) is 0 Å². The molecule has 0 atom stereocenters. The molecule has 0 spiro atoms. The van der Waals surface area contributed by atoms with Gasteiger partial charge in [0, 0.05) is 18.1 Å². The number of anilines is 1. The molecule has 82 valence electrons. The number of nitro groups is 1. The summed E-state index contributed by atoms with van der Waals surface area (Å²) in [6, 6.07) is 1.51. The zero-order valence-corrected chi connectivity index (χ0v) is 8.47. The normalized spacial score (nSPS) is 10.3. The van der Waals surface area contributed by atoms with Gasteiger partial charge >= 0.3 is 5.69 Å². The second-order valence-corrected chi connectivity index (χ2v) is 3.26. The third kappa shape index (κ3) is 1.58. The number of aryl methyl sites for hydroxylation is 1. The zero-order valence-electron chi connectivity index (χ0n) is 8.47. The van der Waals surface area contributed by atoms with Crippen molar-refractivity contribution in [3.05, 3.63) is 34.3 Å². The van der Waals surface area contributed by atoms with Gasteiger partial charge in [0.15, 0.2) is 0 Å². The Morgan fingerprint density at radius 3 is 2.81 bits per heavy atom. The Balaban J connectivity index is 2.65. The standard InChI is InChI=1S/C9H9N5O2/c1-5-4-12-9(13-5)6-2-3-11-8(10)7(6)14(15)16/h2-4H,1H3,(H2,10,11)(H,12,13). The summed E-state index contributed by atoms with van der Waals surface area (Å²) in [5.41, 5.74) is 6.40. The molecule has 0 aliphatic heterocycles. The molecule has 0 saturated carbocycles. The molecule has 0 bridgehead atoms. The molecule has 2 rings (SSSR count). The molecule has 7 nitrogen and oxygen atoms in total. The number of rotatable bonds is 2. The Morgan fingerprint density at radius 1 is 1.50 bits per heavy atom. The first-order valence-electron chi connectivity index (χ1n) is 4.50. The average Bonchev–Trinajstić information content (AvgIpc) is 2.63. The molecule has 0 amide bonds. The van der Waals surface area contributed by atoms with E-state index in [1.807, 2.05) is 6.92 Å². The van der Waals surface area contributed by atoms with E-state index in [4.69, 9.17) is 5.73 Å². The SMILES string of the molecule is Cc1cnc(-c2ccnc(N)c2[N+](=O)[O-])[nH]1. The fourth-order valence-electron chi connectivity index (χ4n) is 1.40. The molecule has 7 heteroatoms. The van der Waals surface area contributed by atoms with Gasteiger partial charge in [-0.2, -0.15) is 0 Å². The molecule has 0 unspecified atom stereocenters. The van der Waals surface area contributed by atoms with Gasteiger partial charge in [0.05, 0.1) is 4.92 Å². The second-order valence-electron chi connectivity index (χ2n) is 3.26. The Kier molecular flexibility index (Phi) is 2.28. The molecule has 0 radical (unpaired) electrons. The van der Waals surface area contributed by atoms with Crippen LogP contribution in [-0.4, -0.2) is 19.9 Å². The van der Waals surface area contributed by atoms with E-state index in [1.54, 1.807) is 6.20 Å². The maximum absolute atomic E-state index is 10.9. The number of aromatic amines is 1. The molecule has 0 aromatic carbocycles. The lowest BCUT2D eigenvalue weighted by Crippen LogP contribution is -2.00. The van der Waals surface area contributed by atoms with Crippen LogP contribution in [-0.2, 0) is 0 Å². The Hall–Kier alpha value is -2.44. The van der Waals surface area contributed by atoms with E-state index >= 15 is 0 Å². The number of nitrogen functional groups attached to an aromatic ring is 1. The van der Waals surface area contributed by atoms with Crippen LogP contribution in [0.25, 0.3) is 11.4 Å². The highest BCUT2D eigenvalue weighted by molar-refractivity contribution is 5.75. The average molecular weight is 219 g/mol. The predicted octanol–water partition coefficient (Wildman–Crippen LogP) is 1.27. The van der Waals surface area contributed by atoms with Gasteiger partial charge in [-0.15, -0.1) is 0 Å². The lowest BCUT2D eigenvalue weighted by atomic mass is 10.2. The maximum Gasteiger partial charge on any atom is 0.322 e. The van der Waals surface area contributed by atoms with Crippen LogP contribution in [0.15, 0.2) is 18.5 Å². The maximum atomic E-state index is 10.9. The molecule has 0 saturated heterocycles. The minimum atomic E-state index is -0.560. The number of hydrogen-bond donors (Lipinski definition) is 2. The van der Waals surface area contributed by atoms with Crippen molar-refractivity contribution in [2.45, 2.75) is 6.92 Å². The van der Waals surface area contributed by atoms with Gasteiger partial charge < -0.3 is 10.7 Å². The zero-order chi connectivity index (χ0) is 11.7. The van der Waals surface area contributed by atoms with Crippen LogP contribution in [0.5, 0.6) is 0 Å². The molecule has 2 aromatic heterocycles. The number of imidazole rings is 1. The summed E-state index contributed by atoms with van der Waals surface area (Å²) in [5, 5.41) is 10.9. The third-order valence-corrected chi connectivity index (χ3v) is 2.09. The summed E-state index contributed by atoms with van der Waals surface area (Å²) in [5.74, 6) is 0.301. The van der Waals surface area contributed by atoms with Crippen LogP contribution < -0.4 is 5.73 Å². The van der Waals surface area contributed by atoms with Crippen molar-refractivity contribution in [3.8, 4) is 11.4 Å². The smallest absolute Gasteiger partial charge is 0.322 e. The van der Waals surface area contributed by atoms with E-state index in [2.05, 4.69) is 15.0 Å². The summed E-state index contributed by atoms with van der Waals surface area (Å²) in [6.07, 6.45) is 3.01. The minimum absolute atomic E-state index is 0.114. The Labute approximate surface area is 90.5 Å². The van der Waals surface area contributed by atoms with E-state index in [0.717, 1.165) is 5.69 Å². The highest BCUT2D eigenvalue weighted by atomic mass is 16.6. The monoisotopic (exact) mass is 219 g/mol. The minimum Gasteiger partial charge on any atom is -0.378 e. The van der Waals surface area contributed by atoms with E-state index in [-0.39, 0.29) is 11.5 Å². The molecule has 3 N–H and O–H groups in total. The van der Waals surface area contributed by atoms with Crippen molar-refractivity contribution in [1.29, 1.82) is 0 Å². The van der Waals surface area contributed by atoms with E-state index < -0.39 is 4.92 Å². The number of hydrogen-bond acceptors (Lipinski definition) is 5. The van der Waals surface area contributed by atoms with Crippen molar-refractivity contribution in [1.82, 2.24) is 15.0 Å². The van der Waals surface area contributed by atoms with Crippen molar-refractivity contribution < 1.29 is 4.92 Å². The third-order valence-electron chi connectivity index (χ3n) is 2.09. The summed E-state index contributed by atoms with van der Waals surface area (Å²) < 4.78 is 0. The number of nitrogens with two attached hydrogens (primary N) is 1. The van der Waals surface area contributed by atoms with Crippen molar-refractivity contribution in [3.63, 3.8) is 0 Å². The van der Waals surface area contributed by atoms with Crippen molar-refractivity contribution in [2.75, 3.05) is 5.73 Å². The van der Waals surface area contributed by atoms with E-state index in [0.29, 0.717) is 11.4 Å². The molecule has 0 fully saturated rings. The topological polar surface area (TPSA) is 111 Å². The highest BCUT2D eigenvalue weighted by Crippen LogP contribution is 2.30. The second kappa shape index (κ2) is 3.61. The van der Waals surface area contributed by atoms with Gasteiger partial charge in [-0.25, -0.2) is 9.97 Å². The summed E-state index contributed by atoms with van der Waals surface area (Å²) in [7, 11) is 0. The molecule has 16 heavy (non-hydrogen) atoms. The van der Waals surface area contributed by atoms with Crippen LogP contribution >= 0.6 is 0 Å². The first kappa shape index (κ1) is 10.1. The molecule has 2 heterocycles. The number of nitrogens with zero attached hydrogens (tertiary/aromatic N) is 3. The van der Waals surface area contributed by atoms with Crippen molar-refractivity contribution in [2.24, 2.45) is 0 Å². The fourth-order valence-corrected chi connectivity index (χ4v) is 1.40. The largest absolute Gasteiger partial charge is 0.378 e. The first-order chi connectivity index (χ1) is 7.59. The van der Waals surface area contributed by atoms with Crippen LogP contribution in [0, 0.1) is 17.0 Å². The van der Waals surface area contributed by atoms with Gasteiger partial charge in [0.25, 0.3) is 0 Å². The quantitative estimate of drug-likeness (QED) is 0.583. The molecular formula is C9H9N5O2. The highest BCUT2D eigenvalue weighted by Gasteiger charge is 2.21. The van der Waals surface area contributed by atoms with Gasteiger partial charge in [0.2, 0.25) is 5.82 Å². The van der Waals surface area contributed by atoms with Gasteiger partial charge in [0.1, 0.15) is 11.4 Å². The predicted molar refractivity (Wildman–Crippen MR) is 57.6 cm³/mol. The summed E-state index contributed by atoms with van der Waals surface area (Å²) in [6.45, 7) is 1.81. The van der Waals surface area contributed by atoms with Gasteiger partial charge in [-0.1, -0.05) is 0 Å². The number of H-pyrrole nitrogens is 1. The van der Waals surface area contributed by atoms with E-state index in [1.165, 1.54) is 12.3 Å². The molecule has 0 aliphatic carbocycles. The molecular weight excluding hydrogens is 210 g/mol. The molecule has 2 aromatic rings. The number of pyridine rings is 1. The lowest BCUT2D eigenvalue weighted by Gasteiger charge is -2.01. The fraction of sp³-hybridized carbons (Fsp3) is 0.111. The molecule has 0 aliphatic rings. The Morgan fingerprint density at radius 2 is 2.25 bits per heavy atom. The van der Waals surface area contributed by atoms with Gasteiger partial charge in [-0.3, -0.25) is 10.1 Å². The van der Waals surface area contributed by atoms with E-state index in [9.17, 15) is 10.1 Å². The lowest BCUT2D eigenvalue weighted by molar-refractivity contribution is -0.383. The van der Waals surface area contributed by atoms with Crippen LogP contribution in [0.1, 0.15) is 5.69 Å². The summed E-state index contributed by atoms with van der Waals surface area (Å²) in [4.78, 5) is 20.9. The number of nitrogens with one attached hydrogen (secondary N) is 1. The summed E-state index contributed by atoms with van der Waals surface area (Å²) >= 11 is 0.